The van der Waals surface area contributed by atoms with Crippen LogP contribution in [0.15, 0.2) is 54.6 Å². The molecule has 1 saturated carbocycles. The van der Waals surface area contributed by atoms with Crippen molar-refractivity contribution >= 4 is 16.9 Å². The molecule has 3 aromatic rings. The Morgan fingerprint density at radius 2 is 1.55 bits per heavy atom. The molecule has 0 N–H and O–H groups in total. The first-order valence-electron chi connectivity index (χ1n) is 16.1. The molecule has 1 aliphatic carbocycles. The van der Waals surface area contributed by atoms with Gasteiger partial charge in [-0.25, -0.2) is 4.98 Å². The fourth-order valence-corrected chi connectivity index (χ4v) is 9.04. The SMILES string of the molecule is Cc1nc2ccccc2n1C1C[C@H]2CC[C@@H](C1)N2CCC1(c2ccccc2)CCN(C(=O)CC2CCCC2)CC1. The summed E-state index contributed by atoms with van der Waals surface area (Å²) in [6.45, 7) is 5.20. The molecular formula is C35H46N4O. The zero-order valence-electron chi connectivity index (χ0n) is 24.3. The first kappa shape index (κ1) is 26.3. The van der Waals surface area contributed by atoms with Crippen LogP contribution in [-0.4, -0.2) is 57.0 Å². The molecule has 2 aromatic carbocycles. The van der Waals surface area contributed by atoms with Crippen molar-refractivity contribution in [3.05, 3.63) is 66.0 Å². The molecule has 3 aliphatic heterocycles. The highest BCUT2D eigenvalue weighted by Crippen LogP contribution is 2.45. The molecule has 0 spiro atoms. The van der Waals surface area contributed by atoms with Crippen LogP contribution in [0.2, 0.25) is 0 Å². The summed E-state index contributed by atoms with van der Waals surface area (Å²) in [5.41, 5.74) is 4.10. The number of imidazole rings is 1. The Balaban J connectivity index is 1.04. The number of rotatable bonds is 7. The maximum Gasteiger partial charge on any atom is 0.222 e. The Kier molecular flexibility index (Phi) is 7.20. The average Bonchev–Trinajstić information content (AvgIpc) is 3.68. The van der Waals surface area contributed by atoms with Crippen molar-refractivity contribution in [3.63, 3.8) is 0 Å². The molecular weight excluding hydrogens is 492 g/mol. The minimum Gasteiger partial charge on any atom is -0.343 e. The van der Waals surface area contributed by atoms with Crippen molar-refractivity contribution < 1.29 is 4.79 Å². The quantitative estimate of drug-likeness (QED) is 0.324. The average molecular weight is 539 g/mol. The van der Waals surface area contributed by atoms with Crippen LogP contribution >= 0.6 is 0 Å². The van der Waals surface area contributed by atoms with E-state index in [9.17, 15) is 4.79 Å². The van der Waals surface area contributed by atoms with Crippen molar-refractivity contribution in [2.24, 2.45) is 5.92 Å². The lowest BCUT2D eigenvalue weighted by Gasteiger charge is -2.46. The molecule has 5 heteroatoms. The lowest BCUT2D eigenvalue weighted by Crippen LogP contribution is -2.49. The Labute approximate surface area is 239 Å². The molecule has 4 heterocycles. The van der Waals surface area contributed by atoms with Crippen LogP contribution in [0.1, 0.15) is 94.5 Å². The molecule has 1 amide bonds. The summed E-state index contributed by atoms with van der Waals surface area (Å²) in [7, 11) is 0. The first-order valence-corrected chi connectivity index (χ1v) is 16.1. The molecule has 212 valence electrons. The number of fused-ring (bicyclic) bond motifs is 3. The lowest BCUT2D eigenvalue weighted by atomic mass is 9.70. The summed E-state index contributed by atoms with van der Waals surface area (Å²) in [6, 6.07) is 21.8. The molecule has 1 aromatic heterocycles. The van der Waals surface area contributed by atoms with Crippen molar-refractivity contribution in [2.75, 3.05) is 19.6 Å². The van der Waals surface area contributed by atoms with Gasteiger partial charge in [-0.15, -0.1) is 0 Å². The minimum atomic E-state index is 0.179. The molecule has 40 heavy (non-hydrogen) atoms. The summed E-state index contributed by atoms with van der Waals surface area (Å²) >= 11 is 0. The van der Waals surface area contributed by atoms with E-state index in [4.69, 9.17) is 4.98 Å². The van der Waals surface area contributed by atoms with Gasteiger partial charge in [0.1, 0.15) is 5.82 Å². The Morgan fingerprint density at radius 3 is 2.27 bits per heavy atom. The van der Waals surface area contributed by atoms with Crippen molar-refractivity contribution in [3.8, 4) is 0 Å². The van der Waals surface area contributed by atoms with Crippen LogP contribution in [-0.2, 0) is 10.2 Å². The molecule has 7 rings (SSSR count). The number of aromatic nitrogens is 2. The van der Waals surface area contributed by atoms with Crippen LogP contribution in [0.4, 0.5) is 0 Å². The van der Waals surface area contributed by atoms with E-state index in [2.05, 4.69) is 75.9 Å². The van der Waals surface area contributed by atoms with E-state index in [0.717, 1.165) is 43.7 Å². The summed E-state index contributed by atoms with van der Waals surface area (Å²) in [4.78, 5) is 23.1. The molecule has 4 aliphatic rings. The van der Waals surface area contributed by atoms with Gasteiger partial charge in [-0.1, -0.05) is 55.3 Å². The number of benzene rings is 2. The lowest BCUT2D eigenvalue weighted by molar-refractivity contribution is -0.133. The summed E-state index contributed by atoms with van der Waals surface area (Å²) < 4.78 is 2.54. The van der Waals surface area contributed by atoms with Gasteiger partial charge in [0.25, 0.3) is 0 Å². The number of piperidine rings is 2. The fourth-order valence-electron chi connectivity index (χ4n) is 9.04. The zero-order chi connectivity index (χ0) is 27.1. The number of amides is 1. The highest BCUT2D eigenvalue weighted by Gasteiger charge is 2.44. The molecule has 3 atom stereocenters. The van der Waals surface area contributed by atoms with Crippen LogP contribution in [0.5, 0.6) is 0 Å². The van der Waals surface area contributed by atoms with Gasteiger partial charge in [0, 0.05) is 37.6 Å². The summed E-state index contributed by atoms with van der Waals surface area (Å²) in [5.74, 6) is 2.21. The van der Waals surface area contributed by atoms with Crippen LogP contribution < -0.4 is 0 Å². The molecule has 0 radical (unpaired) electrons. The normalized spacial score (nSPS) is 27.0. The third-order valence-corrected chi connectivity index (χ3v) is 11.2. The summed E-state index contributed by atoms with van der Waals surface area (Å²) in [6.07, 6.45) is 14.4. The topological polar surface area (TPSA) is 41.4 Å². The van der Waals surface area contributed by atoms with Crippen molar-refractivity contribution in [1.82, 2.24) is 19.4 Å². The van der Waals surface area contributed by atoms with E-state index < -0.39 is 0 Å². The second-order valence-corrected chi connectivity index (χ2v) is 13.4. The third-order valence-electron chi connectivity index (χ3n) is 11.2. The number of hydrogen-bond donors (Lipinski definition) is 0. The van der Waals surface area contributed by atoms with E-state index in [1.165, 1.54) is 75.4 Å². The molecule has 5 nitrogen and oxygen atoms in total. The third kappa shape index (κ3) is 4.89. The highest BCUT2D eigenvalue weighted by molar-refractivity contribution is 5.77. The smallest absolute Gasteiger partial charge is 0.222 e. The number of para-hydroxylation sites is 2. The van der Waals surface area contributed by atoms with E-state index >= 15 is 0 Å². The Hall–Kier alpha value is -2.66. The van der Waals surface area contributed by atoms with Gasteiger partial charge in [0.2, 0.25) is 5.91 Å². The molecule has 2 bridgehead atoms. The number of likely N-dealkylation sites (tertiary alicyclic amines) is 1. The van der Waals surface area contributed by atoms with Crippen molar-refractivity contribution in [2.45, 2.75) is 108 Å². The first-order chi connectivity index (χ1) is 19.6. The van der Waals surface area contributed by atoms with Gasteiger partial charge in [0.05, 0.1) is 11.0 Å². The second-order valence-electron chi connectivity index (χ2n) is 13.4. The molecule has 4 fully saturated rings. The number of nitrogens with zero attached hydrogens (tertiary/aromatic N) is 4. The largest absolute Gasteiger partial charge is 0.343 e. The fraction of sp³-hybridized carbons (Fsp3) is 0.600. The Morgan fingerprint density at radius 1 is 0.875 bits per heavy atom. The van der Waals surface area contributed by atoms with Crippen molar-refractivity contribution in [1.29, 1.82) is 0 Å². The second kappa shape index (κ2) is 11.0. The van der Waals surface area contributed by atoms with Crippen LogP contribution in [0.25, 0.3) is 11.0 Å². The van der Waals surface area contributed by atoms with Gasteiger partial charge in [0.15, 0.2) is 0 Å². The van der Waals surface area contributed by atoms with Gasteiger partial charge in [-0.3, -0.25) is 9.69 Å². The Bertz CT molecular complexity index is 1300. The van der Waals surface area contributed by atoms with E-state index in [0.29, 0.717) is 30.0 Å². The van der Waals surface area contributed by atoms with Gasteiger partial charge in [-0.05, 0) is 100 Å². The van der Waals surface area contributed by atoms with Crippen LogP contribution in [0.3, 0.4) is 0 Å². The van der Waals surface area contributed by atoms with Gasteiger partial charge < -0.3 is 9.47 Å². The number of aryl methyl sites for hydroxylation is 1. The van der Waals surface area contributed by atoms with E-state index in [-0.39, 0.29) is 5.41 Å². The van der Waals surface area contributed by atoms with E-state index in [1.54, 1.807) is 0 Å². The number of carbonyl (C=O) groups excluding carboxylic acids is 1. The predicted octanol–water partition coefficient (Wildman–Crippen LogP) is 7.04. The monoisotopic (exact) mass is 538 g/mol. The van der Waals surface area contributed by atoms with Gasteiger partial charge >= 0.3 is 0 Å². The standard InChI is InChI=1S/C35H46N4O/c1-26-36-32-13-7-8-14-33(32)39(26)31-24-29-15-16-30(25-31)38(29)22-19-35(28-11-3-2-4-12-28)17-20-37(21-18-35)34(40)23-27-9-5-6-10-27/h2-4,7-8,11-14,27,29-31H,5-6,9-10,15-25H2,1H3/t29-,30+,31?. The maximum absolute atomic E-state index is 13.1. The number of carbonyl (C=O) groups is 1. The predicted molar refractivity (Wildman–Crippen MR) is 161 cm³/mol. The molecule has 1 unspecified atom stereocenters. The van der Waals surface area contributed by atoms with Crippen LogP contribution in [0, 0.1) is 12.8 Å². The summed E-state index contributed by atoms with van der Waals surface area (Å²) in [5, 5.41) is 0. The minimum absolute atomic E-state index is 0.179. The number of hydrogen-bond acceptors (Lipinski definition) is 3. The molecule has 3 saturated heterocycles. The maximum atomic E-state index is 13.1. The highest BCUT2D eigenvalue weighted by atomic mass is 16.2. The van der Waals surface area contributed by atoms with E-state index in [1.807, 2.05) is 0 Å². The zero-order valence-corrected chi connectivity index (χ0v) is 24.3. The van der Waals surface area contributed by atoms with Gasteiger partial charge in [-0.2, -0.15) is 0 Å².